The van der Waals surface area contributed by atoms with Crippen LogP contribution in [0.15, 0.2) is 12.1 Å². The fraction of sp³-hybridized carbons (Fsp3) is 0.300. The van der Waals surface area contributed by atoms with Crippen LogP contribution in [0.2, 0.25) is 10.0 Å². The average molecular weight is 269 g/mol. The first-order valence-corrected chi connectivity index (χ1v) is 5.18. The molecule has 0 aromatic heterocycles. The van der Waals surface area contributed by atoms with Gasteiger partial charge in [-0.1, -0.05) is 30.1 Å². The molecule has 0 aliphatic heterocycles. The molecule has 0 aliphatic carbocycles. The Labute approximate surface area is 101 Å². The Balaban J connectivity index is 3.26. The lowest BCUT2D eigenvalue weighted by atomic mass is 10.1. The highest BCUT2D eigenvalue weighted by Crippen LogP contribution is 2.32. The maximum atomic E-state index is 12.1. The number of Topliss-reactive ketones (excluding diaryl/α,β-unsaturated/α-hetero) is 1. The van der Waals surface area contributed by atoms with Crippen molar-refractivity contribution in [2.45, 2.75) is 20.0 Å². The summed E-state index contributed by atoms with van der Waals surface area (Å²) in [6.07, 6.45) is 0.140. The molecule has 6 heteroatoms. The second-order valence-electron chi connectivity index (χ2n) is 2.92. The van der Waals surface area contributed by atoms with Crippen LogP contribution < -0.4 is 4.74 Å². The first kappa shape index (κ1) is 13.2. The smallest absolute Gasteiger partial charge is 0.387 e. The van der Waals surface area contributed by atoms with E-state index in [2.05, 4.69) is 4.74 Å². The van der Waals surface area contributed by atoms with Crippen molar-refractivity contribution in [1.29, 1.82) is 0 Å². The van der Waals surface area contributed by atoms with Gasteiger partial charge in [0, 0.05) is 11.4 Å². The van der Waals surface area contributed by atoms with Gasteiger partial charge < -0.3 is 4.74 Å². The zero-order valence-electron chi connectivity index (χ0n) is 8.27. The molecule has 0 atom stereocenters. The van der Waals surface area contributed by atoms with Crippen molar-refractivity contribution >= 4 is 29.0 Å². The van der Waals surface area contributed by atoms with Crippen LogP contribution in [0.25, 0.3) is 0 Å². The lowest BCUT2D eigenvalue weighted by Crippen LogP contribution is -2.08. The van der Waals surface area contributed by atoms with Crippen LogP contribution in [0, 0.1) is 0 Å². The number of ketones is 1. The maximum Gasteiger partial charge on any atom is 0.387 e. The van der Waals surface area contributed by atoms with E-state index in [-0.39, 0.29) is 33.6 Å². The van der Waals surface area contributed by atoms with Crippen LogP contribution >= 0.6 is 23.2 Å². The third-order valence-corrected chi connectivity index (χ3v) is 2.35. The van der Waals surface area contributed by atoms with E-state index in [0.29, 0.717) is 0 Å². The molecule has 0 N–H and O–H groups in total. The van der Waals surface area contributed by atoms with Crippen molar-refractivity contribution in [3.05, 3.63) is 27.7 Å². The van der Waals surface area contributed by atoms with Crippen LogP contribution in [-0.2, 0) is 0 Å². The summed E-state index contributed by atoms with van der Waals surface area (Å²) in [6, 6.07) is 2.45. The standard InChI is InChI=1S/C10H8Cl2F2O2/c1-2-7(15)9-6(12)3-5(11)4-8(9)16-10(13)14/h3-4,10H,2H2,1H3. The summed E-state index contributed by atoms with van der Waals surface area (Å²) in [4.78, 5) is 11.5. The van der Waals surface area contributed by atoms with Crippen molar-refractivity contribution in [2.24, 2.45) is 0 Å². The molecule has 0 aliphatic rings. The van der Waals surface area contributed by atoms with Crippen LogP contribution in [0.4, 0.5) is 8.78 Å². The zero-order valence-corrected chi connectivity index (χ0v) is 9.78. The maximum absolute atomic E-state index is 12.1. The zero-order chi connectivity index (χ0) is 12.3. The van der Waals surface area contributed by atoms with Crippen LogP contribution in [-0.4, -0.2) is 12.4 Å². The predicted molar refractivity (Wildman–Crippen MR) is 57.7 cm³/mol. The first-order valence-electron chi connectivity index (χ1n) is 4.42. The fourth-order valence-corrected chi connectivity index (χ4v) is 1.77. The van der Waals surface area contributed by atoms with Gasteiger partial charge in [-0.3, -0.25) is 4.79 Å². The number of carbonyl (C=O) groups is 1. The van der Waals surface area contributed by atoms with E-state index >= 15 is 0 Å². The van der Waals surface area contributed by atoms with Crippen LogP contribution in [0.3, 0.4) is 0 Å². The normalized spacial score (nSPS) is 10.6. The highest BCUT2D eigenvalue weighted by molar-refractivity contribution is 6.37. The first-order chi connectivity index (χ1) is 7.45. The van der Waals surface area contributed by atoms with Crippen LogP contribution in [0.5, 0.6) is 5.75 Å². The van der Waals surface area contributed by atoms with E-state index in [1.165, 1.54) is 6.07 Å². The van der Waals surface area contributed by atoms with E-state index in [4.69, 9.17) is 23.2 Å². The summed E-state index contributed by atoms with van der Waals surface area (Å²) in [6.45, 7) is -1.43. The van der Waals surface area contributed by atoms with Crippen LogP contribution in [0.1, 0.15) is 23.7 Å². The summed E-state index contributed by atoms with van der Waals surface area (Å²) >= 11 is 11.4. The van der Waals surface area contributed by atoms with Crippen molar-refractivity contribution in [2.75, 3.05) is 0 Å². The van der Waals surface area contributed by atoms with Crippen molar-refractivity contribution in [3.63, 3.8) is 0 Å². The van der Waals surface area contributed by atoms with Gasteiger partial charge in [0.15, 0.2) is 5.78 Å². The van der Waals surface area contributed by atoms with Gasteiger partial charge in [-0.25, -0.2) is 0 Å². The molecular formula is C10H8Cl2F2O2. The van der Waals surface area contributed by atoms with E-state index in [1.807, 2.05) is 0 Å². The summed E-state index contributed by atoms with van der Waals surface area (Å²) in [7, 11) is 0. The minimum Gasteiger partial charge on any atom is -0.434 e. The fourth-order valence-electron chi connectivity index (χ4n) is 1.19. The molecule has 0 saturated carbocycles. The molecular weight excluding hydrogens is 261 g/mol. The van der Waals surface area contributed by atoms with Gasteiger partial charge >= 0.3 is 6.61 Å². The van der Waals surface area contributed by atoms with Gasteiger partial charge in [-0.2, -0.15) is 8.78 Å². The molecule has 0 unspecified atom stereocenters. The Kier molecular flexibility index (Phi) is 4.50. The Morgan fingerprint density at radius 1 is 1.44 bits per heavy atom. The molecule has 88 valence electrons. The second kappa shape index (κ2) is 5.46. The molecule has 0 saturated heterocycles. The Morgan fingerprint density at radius 2 is 2.06 bits per heavy atom. The summed E-state index contributed by atoms with van der Waals surface area (Å²) < 4.78 is 28.4. The molecule has 0 spiro atoms. The molecule has 0 fully saturated rings. The quantitative estimate of drug-likeness (QED) is 0.766. The molecule has 1 aromatic rings. The minimum absolute atomic E-state index is 0.00926. The number of alkyl halides is 2. The molecule has 2 nitrogen and oxygen atoms in total. The van der Waals surface area contributed by atoms with Gasteiger partial charge in [0.25, 0.3) is 0 Å². The van der Waals surface area contributed by atoms with E-state index < -0.39 is 6.61 Å². The Hall–Kier alpha value is -0.870. The lowest BCUT2D eigenvalue weighted by Gasteiger charge is -2.11. The molecule has 1 aromatic carbocycles. The largest absolute Gasteiger partial charge is 0.434 e. The number of ether oxygens (including phenoxy) is 1. The number of benzene rings is 1. The number of halogens is 4. The second-order valence-corrected chi connectivity index (χ2v) is 3.76. The Morgan fingerprint density at radius 3 is 2.56 bits per heavy atom. The average Bonchev–Trinajstić information content (AvgIpc) is 2.14. The highest BCUT2D eigenvalue weighted by atomic mass is 35.5. The third-order valence-electron chi connectivity index (χ3n) is 1.83. The number of rotatable bonds is 4. The molecule has 1 rings (SSSR count). The van der Waals surface area contributed by atoms with E-state index in [0.717, 1.165) is 6.07 Å². The monoisotopic (exact) mass is 268 g/mol. The number of hydrogen-bond acceptors (Lipinski definition) is 2. The van der Waals surface area contributed by atoms with Crippen molar-refractivity contribution in [1.82, 2.24) is 0 Å². The molecule has 0 radical (unpaired) electrons. The Bertz CT molecular complexity index is 408. The highest BCUT2D eigenvalue weighted by Gasteiger charge is 2.19. The predicted octanol–water partition coefficient (Wildman–Crippen LogP) is 4.19. The number of carbonyl (C=O) groups excluding carboxylic acids is 1. The summed E-state index contributed by atoms with van der Waals surface area (Å²) in [5.41, 5.74) is -0.0612. The van der Waals surface area contributed by atoms with E-state index in [9.17, 15) is 13.6 Å². The lowest BCUT2D eigenvalue weighted by molar-refractivity contribution is -0.0501. The summed E-state index contributed by atoms with van der Waals surface area (Å²) in [5.74, 6) is -0.670. The van der Waals surface area contributed by atoms with Gasteiger partial charge in [0.05, 0.1) is 10.6 Å². The molecule has 0 amide bonds. The SMILES string of the molecule is CCC(=O)c1c(Cl)cc(Cl)cc1OC(F)F. The molecule has 0 heterocycles. The van der Waals surface area contributed by atoms with Gasteiger partial charge in [-0.05, 0) is 12.1 Å². The molecule has 16 heavy (non-hydrogen) atoms. The third kappa shape index (κ3) is 3.06. The van der Waals surface area contributed by atoms with Gasteiger partial charge in [0.2, 0.25) is 0 Å². The van der Waals surface area contributed by atoms with Crippen molar-refractivity contribution < 1.29 is 18.3 Å². The van der Waals surface area contributed by atoms with Gasteiger partial charge in [0.1, 0.15) is 5.75 Å². The topological polar surface area (TPSA) is 26.3 Å². The van der Waals surface area contributed by atoms with Crippen molar-refractivity contribution in [3.8, 4) is 5.75 Å². The minimum atomic E-state index is -3.03. The summed E-state index contributed by atoms with van der Waals surface area (Å²) in [5, 5.41) is 0.142. The van der Waals surface area contributed by atoms with E-state index in [1.54, 1.807) is 6.92 Å². The molecule has 0 bridgehead atoms. The van der Waals surface area contributed by atoms with Gasteiger partial charge in [-0.15, -0.1) is 0 Å². The number of hydrogen-bond donors (Lipinski definition) is 0.